The van der Waals surface area contributed by atoms with Crippen LogP contribution in [0.1, 0.15) is 31.9 Å². The molecule has 1 aromatic rings. The molecule has 0 fully saturated rings. The maximum atomic E-state index is 11.4. The molecule has 0 bridgehead atoms. The highest BCUT2D eigenvalue weighted by atomic mass is 35.5. The molecule has 2 atom stereocenters. The van der Waals surface area contributed by atoms with E-state index in [9.17, 15) is 4.79 Å². The van der Waals surface area contributed by atoms with Crippen LogP contribution in [0.15, 0.2) is 18.2 Å². The van der Waals surface area contributed by atoms with Crippen LogP contribution in [0.2, 0.25) is 10.0 Å². The second-order valence-electron chi connectivity index (χ2n) is 4.04. The largest absolute Gasteiger partial charge is 0.468 e. The summed E-state index contributed by atoms with van der Waals surface area (Å²) in [6.45, 7) is 3.78. The first kappa shape index (κ1) is 15.3. The standard InChI is InChI=1S/C13H17Cl2NO2/c1-4-12(16-8(2)13(17)18-3)10-6-5-9(14)7-11(10)15/h5-8,12,16H,4H2,1-3H3/t8-,12?/m0/s1. The van der Waals surface area contributed by atoms with Gasteiger partial charge in [0.15, 0.2) is 0 Å². The van der Waals surface area contributed by atoms with Gasteiger partial charge in [-0.05, 0) is 31.0 Å². The Balaban J connectivity index is 2.86. The molecule has 18 heavy (non-hydrogen) atoms. The van der Waals surface area contributed by atoms with Gasteiger partial charge in [-0.3, -0.25) is 10.1 Å². The molecule has 0 saturated heterocycles. The molecule has 0 aliphatic heterocycles. The summed E-state index contributed by atoms with van der Waals surface area (Å²) in [5.41, 5.74) is 0.930. The molecule has 1 rings (SSSR count). The van der Waals surface area contributed by atoms with Crippen molar-refractivity contribution in [3.63, 3.8) is 0 Å². The monoisotopic (exact) mass is 289 g/mol. The molecule has 0 radical (unpaired) electrons. The summed E-state index contributed by atoms with van der Waals surface area (Å²) in [6.07, 6.45) is 0.808. The van der Waals surface area contributed by atoms with Crippen molar-refractivity contribution in [2.24, 2.45) is 0 Å². The molecule has 3 nitrogen and oxygen atoms in total. The fraction of sp³-hybridized carbons (Fsp3) is 0.462. The number of methoxy groups -OCH3 is 1. The van der Waals surface area contributed by atoms with E-state index < -0.39 is 0 Å². The minimum absolute atomic E-state index is 0.0103. The zero-order valence-corrected chi connectivity index (χ0v) is 12.2. The number of hydrogen-bond acceptors (Lipinski definition) is 3. The third kappa shape index (κ3) is 3.87. The van der Waals surface area contributed by atoms with E-state index in [1.54, 1.807) is 19.1 Å². The van der Waals surface area contributed by atoms with Crippen LogP contribution in [0, 0.1) is 0 Å². The van der Waals surface area contributed by atoms with Crippen LogP contribution in [0.5, 0.6) is 0 Å². The molecule has 0 aromatic heterocycles. The van der Waals surface area contributed by atoms with Crippen molar-refractivity contribution in [2.75, 3.05) is 7.11 Å². The normalized spacial score (nSPS) is 14.1. The summed E-state index contributed by atoms with van der Waals surface area (Å²) in [5.74, 6) is -0.293. The molecule has 0 spiro atoms. The van der Waals surface area contributed by atoms with E-state index in [2.05, 4.69) is 10.1 Å². The van der Waals surface area contributed by atoms with Crippen LogP contribution >= 0.6 is 23.2 Å². The summed E-state index contributed by atoms with van der Waals surface area (Å²) >= 11 is 12.0. The van der Waals surface area contributed by atoms with E-state index in [-0.39, 0.29) is 18.1 Å². The number of benzene rings is 1. The van der Waals surface area contributed by atoms with E-state index in [1.807, 2.05) is 13.0 Å². The van der Waals surface area contributed by atoms with E-state index >= 15 is 0 Å². The van der Waals surface area contributed by atoms with Crippen molar-refractivity contribution in [3.05, 3.63) is 33.8 Å². The van der Waals surface area contributed by atoms with Gasteiger partial charge >= 0.3 is 5.97 Å². The van der Waals surface area contributed by atoms with Crippen molar-refractivity contribution in [1.29, 1.82) is 0 Å². The van der Waals surface area contributed by atoms with Crippen molar-refractivity contribution < 1.29 is 9.53 Å². The van der Waals surface area contributed by atoms with E-state index in [1.165, 1.54) is 7.11 Å². The first-order chi connectivity index (χ1) is 8.49. The third-order valence-corrected chi connectivity index (χ3v) is 3.31. The average molecular weight is 290 g/mol. The number of rotatable bonds is 5. The van der Waals surface area contributed by atoms with Crippen LogP contribution in [-0.2, 0) is 9.53 Å². The van der Waals surface area contributed by atoms with Gasteiger partial charge in [-0.2, -0.15) is 0 Å². The van der Waals surface area contributed by atoms with Gasteiger partial charge in [0.25, 0.3) is 0 Å². The minimum Gasteiger partial charge on any atom is -0.468 e. The first-order valence-electron chi connectivity index (χ1n) is 5.78. The van der Waals surface area contributed by atoms with Crippen LogP contribution in [0.4, 0.5) is 0 Å². The summed E-state index contributed by atoms with van der Waals surface area (Å²) in [4.78, 5) is 11.4. The Morgan fingerprint density at radius 3 is 2.61 bits per heavy atom. The molecule has 0 saturated carbocycles. The van der Waals surface area contributed by atoms with Gasteiger partial charge in [-0.15, -0.1) is 0 Å². The number of nitrogens with one attached hydrogen (secondary N) is 1. The maximum absolute atomic E-state index is 11.4. The molecule has 5 heteroatoms. The van der Waals surface area contributed by atoms with Crippen molar-refractivity contribution >= 4 is 29.2 Å². The Kier molecular flexibility index (Phi) is 5.93. The highest BCUT2D eigenvalue weighted by Gasteiger charge is 2.20. The molecule has 1 aromatic carbocycles. The predicted molar refractivity (Wildman–Crippen MR) is 74.1 cm³/mol. The zero-order valence-electron chi connectivity index (χ0n) is 10.7. The number of halogens is 2. The summed E-state index contributed by atoms with van der Waals surface area (Å²) in [5, 5.41) is 4.38. The Hall–Kier alpha value is -0.770. The third-order valence-electron chi connectivity index (χ3n) is 2.75. The van der Waals surface area contributed by atoms with Crippen LogP contribution < -0.4 is 5.32 Å². The summed E-state index contributed by atoms with van der Waals surface area (Å²) in [6, 6.07) is 4.97. The second-order valence-corrected chi connectivity index (χ2v) is 4.88. The summed E-state index contributed by atoms with van der Waals surface area (Å²) in [7, 11) is 1.37. The number of ether oxygens (including phenoxy) is 1. The van der Waals surface area contributed by atoms with E-state index in [0.29, 0.717) is 10.0 Å². The van der Waals surface area contributed by atoms with Gasteiger partial charge in [0.1, 0.15) is 6.04 Å². The Bertz CT molecular complexity index is 423. The summed E-state index contributed by atoms with van der Waals surface area (Å²) < 4.78 is 4.69. The molecule has 0 amide bonds. The topological polar surface area (TPSA) is 38.3 Å². The molecule has 0 aliphatic carbocycles. The Morgan fingerprint density at radius 2 is 2.11 bits per heavy atom. The molecule has 1 unspecified atom stereocenters. The minimum atomic E-state index is -0.383. The quantitative estimate of drug-likeness (QED) is 0.842. The lowest BCUT2D eigenvalue weighted by molar-refractivity contribution is -0.142. The van der Waals surface area contributed by atoms with Crippen LogP contribution in [-0.4, -0.2) is 19.1 Å². The van der Waals surface area contributed by atoms with E-state index in [4.69, 9.17) is 23.2 Å². The maximum Gasteiger partial charge on any atom is 0.322 e. The number of esters is 1. The number of carbonyl (C=O) groups is 1. The predicted octanol–water partition coefficient (Wildman–Crippen LogP) is 3.60. The molecule has 0 aliphatic rings. The Labute approximate surface area is 117 Å². The van der Waals surface area contributed by atoms with Gasteiger partial charge < -0.3 is 4.74 Å². The van der Waals surface area contributed by atoms with Crippen LogP contribution in [0.25, 0.3) is 0 Å². The van der Waals surface area contributed by atoms with E-state index in [0.717, 1.165) is 12.0 Å². The van der Waals surface area contributed by atoms with Crippen molar-refractivity contribution in [3.8, 4) is 0 Å². The lowest BCUT2D eigenvalue weighted by Crippen LogP contribution is -2.37. The van der Waals surface area contributed by atoms with Crippen LogP contribution in [0.3, 0.4) is 0 Å². The molecular formula is C13H17Cl2NO2. The Morgan fingerprint density at radius 1 is 1.44 bits per heavy atom. The van der Waals surface area contributed by atoms with Gasteiger partial charge in [0.05, 0.1) is 7.11 Å². The van der Waals surface area contributed by atoms with Gasteiger partial charge in [0, 0.05) is 16.1 Å². The highest BCUT2D eigenvalue weighted by Crippen LogP contribution is 2.28. The fourth-order valence-corrected chi connectivity index (χ4v) is 2.30. The number of carbonyl (C=O) groups excluding carboxylic acids is 1. The zero-order chi connectivity index (χ0) is 13.7. The van der Waals surface area contributed by atoms with Gasteiger partial charge in [-0.1, -0.05) is 36.2 Å². The highest BCUT2D eigenvalue weighted by molar-refractivity contribution is 6.35. The fourth-order valence-electron chi connectivity index (χ4n) is 1.76. The molecule has 100 valence electrons. The SMILES string of the molecule is CCC(N[C@@H](C)C(=O)OC)c1ccc(Cl)cc1Cl. The lowest BCUT2D eigenvalue weighted by Gasteiger charge is -2.22. The van der Waals surface area contributed by atoms with Gasteiger partial charge in [-0.25, -0.2) is 0 Å². The average Bonchev–Trinajstić information content (AvgIpc) is 2.35. The van der Waals surface area contributed by atoms with Crippen molar-refractivity contribution in [1.82, 2.24) is 5.32 Å². The van der Waals surface area contributed by atoms with Gasteiger partial charge in [0.2, 0.25) is 0 Å². The first-order valence-corrected chi connectivity index (χ1v) is 6.54. The van der Waals surface area contributed by atoms with Crippen molar-refractivity contribution in [2.45, 2.75) is 32.4 Å². The molecule has 1 N–H and O–H groups in total. The number of hydrogen-bond donors (Lipinski definition) is 1. The molecule has 0 heterocycles. The second kappa shape index (κ2) is 6.98. The molecular weight excluding hydrogens is 273 g/mol. The lowest BCUT2D eigenvalue weighted by atomic mass is 10.0. The smallest absolute Gasteiger partial charge is 0.322 e.